The number of hydrogen-bond donors (Lipinski definition) is 1. The first-order valence-electron chi connectivity index (χ1n) is 9.66. The summed E-state index contributed by atoms with van der Waals surface area (Å²) >= 11 is 0. The van der Waals surface area contributed by atoms with Gasteiger partial charge in [-0.25, -0.2) is 4.68 Å². The Morgan fingerprint density at radius 2 is 1.81 bits per heavy atom. The highest BCUT2D eigenvalue weighted by Crippen LogP contribution is 2.28. The van der Waals surface area contributed by atoms with Crippen LogP contribution < -0.4 is 10.2 Å². The van der Waals surface area contributed by atoms with Gasteiger partial charge in [0.1, 0.15) is 5.82 Å². The second-order valence-corrected chi connectivity index (χ2v) is 6.82. The van der Waals surface area contributed by atoms with Crippen molar-refractivity contribution in [1.29, 1.82) is 0 Å². The molecule has 0 saturated carbocycles. The van der Waals surface area contributed by atoms with E-state index in [9.17, 15) is 0 Å². The molecule has 0 unspecified atom stereocenters. The SMILES string of the molecule is COCCNc1nc(N2CCCCCC2)c2cnn(-c3ccccc3)c2n1. The number of aromatic nitrogens is 4. The molecule has 1 aliphatic rings. The second-order valence-electron chi connectivity index (χ2n) is 6.82. The minimum atomic E-state index is 0.610. The summed E-state index contributed by atoms with van der Waals surface area (Å²) in [6.07, 6.45) is 6.86. The van der Waals surface area contributed by atoms with Gasteiger partial charge < -0.3 is 15.0 Å². The minimum Gasteiger partial charge on any atom is -0.383 e. The van der Waals surface area contributed by atoms with Crippen molar-refractivity contribution in [2.75, 3.05) is 43.6 Å². The Kier molecular flexibility index (Phi) is 5.48. The average molecular weight is 366 g/mol. The molecule has 1 N–H and O–H groups in total. The number of anilines is 2. The molecule has 0 aliphatic carbocycles. The standard InChI is InChI=1S/C20H26N6O/c1-27-14-11-21-20-23-18(25-12-7-2-3-8-13-25)17-15-22-26(19(17)24-20)16-9-5-4-6-10-16/h4-6,9-10,15H,2-3,7-8,11-14H2,1H3,(H,21,23,24). The molecule has 1 saturated heterocycles. The molecule has 3 heterocycles. The molecule has 4 rings (SSSR count). The van der Waals surface area contributed by atoms with E-state index in [4.69, 9.17) is 14.7 Å². The molecule has 7 nitrogen and oxygen atoms in total. The van der Waals surface area contributed by atoms with Crippen molar-refractivity contribution >= 4 is 22.8 Å². The molecule has 3 aromatic rings. The van der Waals surface area contributed by atoms with Crippen molar-refractivity contribution in [3.05, 3.63) is 36.5 Å². The van der Waals surface area contributed by atoms with E-state index in [1.807, 2.05) is 41.2 Å². The van der Waals surface area contributed by atoms with Crippen molar-refractivity contribution < 1.29 is 4.74 Å². The highest BCUT2D eigenvalue weighted by atomic mass is 16.5. The van der Waals surface area contributed by atoms with E-state index in [1.54, 1.807) is 7.11 Å². The van der Waals surface area contributed by atoms with Crippen LogP contribution in [0.5, 0.6) is 0 Å². The van der Waals surface area contributed by atoms with Gasteiger partial charge in [-0.2, -0.15) is 15.1 Å². The molecule has 0 bridgehead atoms. The highest BCUT2D eigenvalue weighted by molar-refractivity contribution is 5.89. The van der Waals surface area contributed by atoms with Crippen LogP contribution in [0.3, 0.4) is 0 Å². The summed E-state index contributed by atoms with van der Waals surface area (Å²) in [4.78, 5) is 12.0. The second kappa shape index (κ2) is 8.35. The van der Waals surface area contributed by atoms with E-state index in [0.29, 0.717) is 19.1 Å². The highest BCUT2D eigenvalue weighted by Gasteiger charge is 2.19. The summed E-state index contributed by atoms with van der Waals surface area (Å²) < 4.78 is 7.03. The van der Waals surface area contributed by atoms with Gasteiger partial charge in [0.15, 0.2) is 5.65 Å². The van der Waals surface area contributed by atoms with Crippen LogP contribution in [0.25, 0.3) is 16.7 Å². The first-order chi connectivity index (χ1) is 13.4. The minimum absolute atomic E-state index is 0.610. The fourth-order valence-corrected chi connectivity index (χ4v) is 3.52. The number of nitrogens with one attached hydrogen (secondary N) is 1. The third-order valence-corrected chi connectivity index (χ3v) is 4.90. The number of rotatable bonds is 6. The van der Waals surface area contributed by atoms with E-state index in [1.165, 1.54) is 25.7 Å². The van der Waals surface area contributed by atoms with Crippen molar-refractivity contribution in [3.8, 4) is 5.69 Å². The Bertz CT molecular complexity index is 871. The van der Waals surface area contributed by atoms with Crippen LogP contribution in [0.2, 0.25) is 0 Å². The fraction of sp³-hybridized carbons (Fsp3) is 0.450. The molecule has 0 spiro atoms. The maximum absolute atomic E-state index is 5.15. The molecule has 2 aromatic heterocycles. The fourth-order valence-electron chi connectivity index (χ4n) is 3.52. The van der Waals surface area contributed by atoms with Crippen LogP contribution in [0.1, 0.15) is 25.7 Å². The van der Waals surface area contributed by atoms with Gasteiger partial charge in [-0.05, 0) is 25.0 Å². The number of para-hydroxylation sites is 1. The lowest BCUT2D eigenvalue weighted by Crippen LogP contribution is -2.26. The summed E-state index contributed by atoms with van der Waals surface area (Å²) in [6.45, 7) is 3.33. The molecule has 0 atom stereocenters. The monoisotopic (exact) mass is 366 g/mol. The van der Waals surface area contributed by atoms with Gasteiger partial charge in [0.2, 0.25) is 5.95 Å². The largest absolute Gasteiger partial charge is 0.383 e. The van der Waals surface area contributed by atoms with Crippen molar-refractivity contribution in [1.82, 2.24) is 19.7 Å². The van der Waals surface area contributed by atoms with Gasteiger partial charge in [0.25, 0.3) is 0 Å². The lowest BCUT2D eigenvalue weighted by Gasteiger charge is -2.22. The zero-order valence-corrected chi connectivity index (χ0v) is 15.8. The van der Waals surface area contributed by atoms with Crippen LogP contribution in [0.15, 0.2) is 36.5 Å². The Labute approximate surface area is 159 Å². The first-order valence-corrected chi connectivity index (χ1v) is 9.66. The summed E-state index contributed by atoms with van der Waals surface area (Å²) in [5.74, 6) is 1.60. The van der Waals surface area contributed by atoms with Crippen molar-refractivity contribution in [3.63, 3.8) is 0 Å². The van der Waals surface area contributed by atoms with Crippen LogP contribution in [0, 0.1) is 0 Å². The molecule has 142 valence electrons. The molecular weight excluding hydrogens is 340 g/mol. The normalized spacial score (nSPS) is 15.1. The van der Waals surface area contributed by atoms with Gasteiger partial charge in [0.05, 0.1) is 23.9 Å². The molecular formula is C20H26N6O. The zero-order chi connectivity index (χ0) is 18.5. The lowest BCUT2D eigenvalue weighted by atomic mass is 10.2. The number of ether oxygens (including phenoxy) is 1. The van der Waals surface area contributed by atoms with Gasteiger partial charge in [0, 0.05) is 26.7 Å². The number of hydrogen-bond acceptors (Lipinski definition) is 6. The quantitative estimate of drug-likeness (QED) is 0.676. The summed E-state index contributed by atoms with van der Waals surface area (Å²) in [5, 5.41) is 8.90. The Balaban J connectivity index is 1.78. The number of benzene rings is 1. The molecule has 0 radical (unpaired) electrons. The third kappa shape index (κ3) is 3.88. The summed E-state index contributed by atoms with van der Waals surface area (Å²) in [5.41, 5.74) is 1.83. The molecule has 1 aromatic carbocycles. The van der Waals surface area contributed by atoms with Crippen LogP contribution in [-0.2, 0) is 4.74 Å². The van der Waals surface area contributed by atoms with Crippen molar-refractivity contribution in [2.45, 2.75) is 25.7 Å². The van der Waals surface area contributed by atoms with E-state index in [2.05, 4.69) is 15.3 Å². The maximum Gasteiger partial charge on any atom is 0.226 e. The number of nitrogens with zero attached hydrogens (tertiary/aromatic N) is 5. The smallest absolute Gasteiger partial charge is 0.226 e. The molecule has 1 fully saturated rings. The summed E-state index contributed by atoms with van der Waals surface area (Å²) in [7, 11) is 1.69. The van der Waals surface area contributed by atoms with E-state index in [-0.39, 0.29) is 0 Å². The molecule has 1 aliphatic heterocycles. The Morgan fingerprint density at radius 3 is 2.56 bits per heavy atom. The van der Waals surface area contributed by atoms with E-state index < -0.39 is 0 Å². The molecule has 0 amide bonds. The topological polar surface area (TPSA) is 68.1 Å². The number of fused-ring (bicyclic) bond motifs is 1. The van der Waals surface area contributed by atoms with Gasteiger partial charge in [-0.1, -0.05) is 31.0 Å². The summed E-state index contributed by atoms with van der Waals surface area (Å²) in [6, 6.07) is 10.1. The van der Waals surface area contributed by atoms with Crippen molar-refractivity contribution in [2.24, 2.45) is 0 Å². The maximum atomic E-state index is 5.15. The number of methoxy groups -OCH3 is 1. The Morgan fingerprint density at radius 1 is 1.04 bits per heavy atom. The molecule has 27 heavy (non-hydrogen) atoms. The predicted molar refractivity (Wildman–Crippen MR) is 108 cm³/mol. The van der Waals surface area contributed by atoms with Crippen LogP contribution in [-0.4, -0.2) is 53.1 Å². The zero-order valence-electron chi connectivity index (χ0n) is 15.8. The molecule has 7 heteroatoms. The van der Waals surface area contributed by atoms with Crippen LogP contribution >= 0.6 is 0 Å². The predicted octanol–water partition coefficient (Wildman–Crippen LogP) is 3.25. The first kappa shape index (κ1) is 17.7. The average Bonchev–Trinajstić information content (AvgIpc) is 2.94. The Hall–Kier alpha value is -2.67. The lowest BCUT2D eigenvalue weighted by molar-refractivity contribution is 0.210. The van der Waals surface area contributed by atoms with Gasteiger partial charge in [-0.3, -0.25) is 0 Å². The van der Waals surface area contributed by atoms with E-state index >= 15 is 0 Å². The van der Waals surface area contributed by atoms with E-state index in [0.717, 1.165) is 35.6 Å². The third-order valence-electron chi connectivity index (χ3n) is 4.90. The van der Waals surface area contributed by atoms with Crippen LogP contribution in [0.4, 0.5) is 11.8 Å². The van der Waals surface area contributed by atoms with Gasteiger partial charge >= 0.3 is 0 Å². The van der Waals surface area contributed by atoms with Gasteiger partial charge in [-0.15, -0.1) is 0 Å².